The minimum Gasteiger partial charge on any atom is -0.330 e. The second-order valence-corrected chi connectivity index (χ2v) is 6.52. The zero-order valence-corrected chi connectivity index (χ0v) is 12.4. The van der Waals surface area contributed by atoms with E-state index in [-0.39, 0.29) is 5.41 Å². The van der Waals surface area contributed by atoms with E-state index in [1.165, 1.54) is 4.88 Å². The van der Waals surface area contributed by atoms with Gasteiger partial charge in [-0.1, -0.05) is 42.3 Å². The average molecular weight is 300 g/mol. The maximum atomic E-state index is 6.30. The lowest BCUT2D eigenvalue weighted by atomic mass is 9.79. The van der Waals surface area contributed by atoms with E-state index >= 15 is 0 Å². The normalized spacial score (nSPS) is 14.4. The monoisotopic (exact) mass is 299 g/mol. The maximum Gasteiger partial charge on any atom is 0.0458 e. The second kappa shape index (κ2) is 5.62. The Bertz CT molecular complexity index is 525. The summed E-state index contributed by atoms with van der Waals surface area (Å²) in [5.74, 6) is 0. The Morgan fingerprint density at radius 2 is 2.06 bits per heavy atom. The van der Waals surface area contributed by atoms with Crippen molar-refractivity contribution in [2.45, 2.75) is 18.8 Å². The lowest BCUT2D eigenvalue weighted by Crippen LogP contribution is -2.34. The number of nitrogens with two attached hydrogens (primary N) is 1. The fourth-order valence-corrected chi connectivity index (χ4v) is 3.58. The highest BCUT2D eigenvalue weighted by Gasteiger charge is 2.28. The molecule has 0 aliphatic carbocycles. The number of hydrogen-bond acceptors (Lipinski definition) is 2. The molecule has 18 heavy (non-hydrogen) atoms. The maximum absolute atomic E-state index is 6.30. The summed E-state index contributed by atoms with van der Waals surface area (Å²) in [5, 5.41) is 3.42. The molecule has 0 bridgehead atoms. The molecule has 1 nitrogen and oxygen atoms in total. The van der Waals surface area contributed by atoms with Gasteiger partial charge >= 0.3 is 0 Å². The minimum absolute atomic E-state index is 0.160. The number of benzene rings is 1. The Balaban J connectivity index is 2.36. The van der Waals surface area contributed by atoms with Crippen molar-refractivity contribution in [3.05, 3.63) is 56.2 Å². The summed E-state index contributed by atoms with van der Waals surface area (Å²) in [7, 11) is 0. The highest BCUT2D eigenvalue weighted by atomic mass is 35.5. The Kier molecular flexibility index (Phi) is 4.33. The molecule has 1 unspecified atom stereocenters. The van der Waals surface area contributed by atoms with Crippen molar-refractivity contribution in [1.29, 1.82) is 0 Å². The third-order valence-corrected chi connectivity index (χ3v) is 4.60. The number of hydrogen-bond donors (Lipinski definition) is 1. The summed E-state index contributed by atoms with van der Waals surface area (Å²) in [4.78, 5) is 1.31. The van der Waals surface area contributed by atoms with Gasteiger partial charge in [-0.25, -0.2) is 0 Å². The summed E-state index contributed by atoms with van der Waals surface area (Å²) in [6.45, 7) is 2.69. The molecule has 96 valence electrons. The van der Waals surface area contributed by atoms with Gasteiger partial charge in [-0.2, -0.15) is 0 Å². The van der Waals surface area contributed by atoms with E-state index in [2.05, 4.69) is 24.4 Å². The van der Waals surface area contributed by atoms with Gasteiger partial charge in [0.05, 0.1) is 0 Å². The standard InChI is InChI=1S/C14H15Cl2NS/c1-14(9-17,8-11-3-2-6-18-11)12-5-4-10(15)7-13(12)16/h2-7H,8-9,17H2,1H3. The van der Waals surface area contributed by atoms with Crippen LogP contribution in [-0.4, -0.2) is 6.54 Å². The van der Waals surface area contributed by atoms with Gasteiger partial charge in [0, 0.05) is 26.9 Å². The summed E-state index contributed by atoms with van der Waals surface area (Å²) >= 11 is 14.0. The van der Waals surface area contributed by atoms with Crippen LogP contribution in [-0.2, 0) is 11.8 Å². The van der Waals surface area contributed by atoms with Crippen LogP contribution in [0.1, 0.15) is 17.4 Å². The molecule has 1 heterocycles. The lowest BCUT2D eigenvalue weighted by molar-refractivity contribution is 0.485. The molecule has 1 aromatic carbocycles. The molecule has 1 atom stereocenters. The zero-order chi connectivity index (χ0) is 13.2. The van der Waals surface area contributed by atoms with Crippen LogP contribution in [0.15, 0.2) is 35.7 Å². The molecule has 2 aromatic rings. The van der Waals surface area contributed by atoms with Crippen LogP contribution in [0, 0.1) is 0 Å². The third kappa shape index (κ3) is 2.89. The fourth-order valence-electron chi connectivity index (χ4n) is 2.05. The van der Waals surface area contributed by atoms with Crippen LogP contribution >= 0.6 is 34.5 Å². The zero-order valence-electron chi connectivity index (χ0n) is 10.1. The molecule has 0 aliphatic rings. The summed E-state index contributed by atoms with van der Waals surface area (Å²) in [6, 6.07) is 9.81. The fraction of sp³-hybridized carbons (Fsp3) is 0.286. The van der Waals surface area contributed by atoms with E-state index < -0.39 is 0 Å². The molecule has 0 saturated carbocycles. The minimum atomic E-state index is -0.160. The highest BCUT2D eigenvalue weighted by Crippen LogP contribution is 2.35. The predicted octanol–water partition coefficient (Wildman–Crippen LogP) is 4.51. The SMILES string of the molecule is CC(CN)(Cc1cccs1)c1ccc(Cl)cc1Cl. The first kappa shape index (κ1) is 13.9. The van der Waals surface area contributed by atoms with Crippen molar-refractivity contribution in [2.75, 3.05) is 6.54 Å². The molecule has 0 amide bonds. The third-order valence-electron chi connectivity index (χ3n) is 3.18. The van der Waals surface area contributed by atoms with E-state index in [1.807, 2.05) is 12.1 Å². The average Bonchev–Trinajstić information content (AvgIpc) is 2.81. The number of halogens is 2. The van der Waals surface area contributed by atoms with Gasteiger partial charge in [0.25, 0.3) is 0 Å². The van der Waals surface area contributed by atoms with Gasteiger partial charge < -0.3 is 5.73 Å². The molecule has 4 heteroatoms. The van der Waals surface area contributed by atoms with Crippen molar-refractivity contribution in [2.24, 2.45) is 5.73 Å². The molecule has 0 spiro atoms. The first-order chi connectivity index (χ1) is 8.55. The van der Waals surface area contributed by atoms with Crippen LogP contribution in [0.25, 0.3) is 0 Å². The van der Waals surface area contributed by atoms with Gasteiger partial charge in [0.1, 0.15) is 0 Å². The van der Waals surface area contributed by atoms with Crippen LogP contribution in [0.4, 0.5) is 0 Å². The lowest BCUT2D eigenvalue weighted by Gasteiger charge is -2.29. The molecule has 1 aromatic heterocycles. The van der Waals surface area contributed by atoms with Crippen LogP contribution < -0.4 is 5.73 Å². The predicted molar refractivity (Wildman–Crippen MR) is 80.9 cm³/mol. The Morgan fingerprint density at radius 3 is 2.61 bits per heavy atom. The molecule has 0 fully saturated rings. The summed E-state index contributed by atoms with van der Waals surface area (Å²) < 4.78 is 0. The second-order valence-electron chi connectivity index (χ2n) is 4.65. The van der Waals surface area contributed by atoms with Crippen molar-refractivity contribution in [3.63, 3.8) is 0 Å². The van der Waals surface area contributed by atoms with E-state index in [0.717, 1.165) is 12.0 Å². The molecule has 2 rings (SSSR count). The molecular formula is C14H15Cl2NS. The molecule has 0 aliphatic heterocycles. The van der Waals surface area contributed by atoms with Crippen LogP contribution in [0.5, 0.6) is 0 Å². The quantitative estimate of drug-likeness (QED) is 0.883. The van der Waals surface area contributed by atoms with Crippen molar-refractivity contribution in [3.8, 4) is 0 Å². The van der Waals surface area contributed by atoms with Crippen molar-refractivity contribution in [1.82, 2.24) is 0 Å². The molecule has 0 radical (unpaired) electrons. The summed E-state index contributed by atoms with van der Waals surface area (Å²) in [6.07, 6.45) is 0.891. The highest BCUT2D eigenvalue weighted by molar-refractivity contribution is 7.09. The van der Waals surface area contributed by atoms with E-state index in [4.69, 9.17) is 28.9 Å². The van der Waals surface area contributed by atoms with Crippen molar-refractivity contribution >= 4 is 34.5 Å². The van der Waals surface area contributed by atoms with Crippen molar-refractivity contribution < 1.29 is 0 Å². The van der Waals surface area contributed by atoms with Crippen LogP contribution in [0.2, 0.25) is 10.0 Å². The van der Waals surface area contributed by atoms with Crippen LogP contribution in [0.3, 0.4) is 0 Å². The first-order valence-electron chi connectivity index (χ1n) is 5.73. The van der Waals surface area contributed by atoms with E-state index in [0.29, 0.717) is 16.6 Å². The largest absolute Gasteiger partial charge is 0.330 e. The topological polar surface area (TPSA) is 26.0 Å². The van der Waals surface area contributed by atoms with Gasteiger partial charge in [-0.05, 0) is 35.6 Å². The first-order valence-corrected chi connectivity index (χ1v) is 7.37. The molecule has 0 saturated heterocycles. The van der Waals surface area contributed by atoms with Gasteiger partial charge in [-0.3, -0.25) is 0 Å². The van der Waals surface area contributed by atoms with Gasteiger partial charge in [-0.15, -0.1) is 11.3 Å². The smallest absolute Gasteiger partial charge is 0.0458 e. The number of thiophene rings is 1. The Labute approximate surface area is 122 Å². The molecule has 2 N–H and O–H groups in total. The van der Waals surface area contributed by atoms with E-state index in [1.54, 1.807) is 17.4 Å². The Hall–Kier alpha value is -0.540. The van der Waals surface area contributed by atoms with Gasteiger partial charge in [0.15, 0.2) is 0 Å². The summed E-state index contributed by atoms with van der Waals surface area (Å²) in [5.41, 5.74) is 6.88. The van der Waals surface area contributed by atoms with E-state index in [9.17, 15) is 0 Å². The number of rotatable bonds is 4. The Morgan fingerprint density at radius 1 is 1.28 bits per heavy atom. The van der Waals surface area contributed by atoms with Gasteiger partial charge in [0.2, 0.25) is 0 Å². The molecular weight excluding hydrogens is 285 g/mol.